The molecule has 8 nitrogen and oxygen atoms in total. The van der Waals surface area contributed by atoms with Crippen molar-refractivity contribution in [2.75, 3.05) is 6.61 Å². The lowest BCUT2D eigenvalue weighted by atomic mass is 9.83. The fraction of sp³-hybridized carbons (Fsp3) is 0.516. The first-order valence-electron chi connectivity index (χ1n) is 14.1. The molecule has 1 aliphatic carbocycles. The Balaban J connectivity index is 1.70. The van der Waals surface area contributed by atoms with Crippen LogP contribution < -0.4 is 5.32 Å². The van der Waals surface area contributed by atoms with Crippen LogP contribution in [0.2, 0.25) is 0 Å². The third kappa shape index (κ3) is 10.7. The van der Waals surface area contributed by atoms with E-state index in [2.05, 4.69) is 5.32 Å². The van der Waals surface area contributed by atoms with Gasteiger partial charge in [-0.3, -0.25) is 4.79 Å². The van der Waals surface area contributed by atoms with Gasteiger partial charge in [0.25, 0.3) is 0 Å². The molecule has 0 spiro atoms. The van der Waals surface area contributed by atoms with E-state index in [9.17, 15) is 19.5 Å². The van der Waals surface area contributed by atoms with Crippen LogP contribution in [0.1, 0.15) is 75.3 Å². The molecular formula is C31H41NO7. The van der Waals surface area contributed by atoms with Crippen molar-refractivity contribution in [1.82, 2.24) is 5.32 Å². The number of nitrogens with one attached hydrogen (secondary N) is 1. The standard InChI is InChI=1S/C31H41NO7/c33-19-10-2-1-9-18-28(35)32-29(25-15-7-4-8-16-25)31(37)39-27(21-24-14-11-17-26(34)20-24)30(36)38-22-23-12-5-3-6-13-23/h3,5-6,11-14,17,20,25,27,29,33-34H,1-2,4,7-10,15-16,18-19,21-22H2,(H,32,35). The number of amides is 1. The zero-order chi connectivity index (χ0) is 27.9. The SMILES string of the molecule is O=C(CCCCCCO)NC(C(=O)OC(Cc1cccc(O)c1)C(=O)OCc1ccccc1)C1CCCCC1. The van der Waals surface area contributed by atoms with Crippen molar-refractivity contribution < 1.29 is 34.1 Å². The van der Waals surface area contributed by atoms with E-state index >= 15 is 0 Å². The van der Waals surface area contributed by atoms with Crippen LogP contribution in [0.25, 0.3) is 0 Å². The Morgan fingerprint density at radius 1 is 0.872 bits per heavy atom. The van der Waals surface area contributed by atoms with Crippen LogP contribution in [0.4, 0.5) is 0 Å². The molecule has 39 heavy (non-hydrogen) atoms. The Morgan fingerprint density at radius 3 is 2.31 bits per heavy atom. The molecule has 0 aliphatic heterocycles. The minimum absolute atomic E-state index is 0.0317. The quantitative estimate of drug-likeness (QED) is 0.223. The number of unbranched alkanes of at least 4 members (excludes halogenated alkanes) is 3. The van der Waals surface area contributed by atoms with Crippen molar-refractivity contribution in [3.8, 4) is 5.75 Å². The lowest BCUT2D eigenvalue weighted by Crippen LogP contribution is -2.49. The lowest BCUT2D eigenvalue weighted by Gasteiger charge is -2.30. The normalized spacial score (nSPS) is 15.2. The smallest absolute Gasteiger partial charge is 0.348 e. The summed E-state index contributed by atoms with van der Waals surface area (Å²) in [6.07, 6.45) is 6.76. The lowest BCUT2D eigenvalue weighted by molar-refractivity contribution is -0.171. The second-order valence-electron chi connectivity index (χ2n) is 10.2. The van der Waals surface area contributed by atoms with Crippen molar-refractivity contribution in [2.45, 2.75) is 89.4 Å². The number of ether oxygens (including phenoxy) is 2. The molecule has 0 radical (unpaired) electrons. The third-order valence-electron chi connectivity index (χ3n) is 7.08. The van der Waals surface area contributed by atoms with Gasteiger partial charge in [-0.05, 0) is 54.9 Å². The van der Waals surface area contributed by atoms with E-state index in [1.54, 1.807) is 12.1 Å². The van der Waals surface area contributed by atoms with Gasteiger partial charge in [0.1, 0.15) is 18.4 Å². The zero-order valence-corrected chi connectivity index (χ0v) is 22.6. The molecule has 1 fully saturated rings. The first-order chi connectivity index (χ1) is 19.0. The van der Waals surface area contributed by atoms with Crippen molar-refractivity contribution in [2.24, 2.45) is 5.92 Å². The summed E-state index contributed by atoms with van der Waals surface area (Å²) in [5.74, 6) is -1.57. The number of hydrogen-bond acceptors (Lipinski definition) is 7. The van der Waals surface area contributed by atoms with Crippen molar-refractivity contribution >= 4 is 17.8 Å². The molecule has 212 valence electrons. The fourth-order valence-corrected chi connectivity index (χ4v) is 4.94. The Hall–Kier alpha value is -3.39. The number of hydrogen-bond donors (Lipinski definition) is 3. The maximum Gasteiger partial charge on any atom is 0.348 e. The summed E-state index contributed by atoms with van der Waals surface area (Å²) in [4.78, 5) is 39.4. The fourth-order valence-electron chi connectivity index (χ4n) is 4.94. The van der Waals surface area contributed by atoms with E-state index in [0.717, 1.165) is 50.5 Å². The maximum atomic E-state index is 13.5. The second kappa shape index (κ2) is 16.5. The number of esters is 2. The summed E-state index contributed by atoms with van der Waals surface area (Å²) in [5.41, 5.74) is 1.42. The van der Waals surface area contributed by atoms with Crippen LogP contribution in [-0.2, 0) is 36.9 Å². The van der Waals surface area contributed by atoms with Crippen LogP contribution in [0.3, 0.4) is 0 Å². The summed E-state index contributed by atoms with van der Waals surface area (Å²) >= 11 is 0. The first kappa shape index (κ1) is 30.2. The number of aromatic hydroxyl groups is 1. The molecule has 0 heterocycles. The monoisotopic (exact) mass is 539 g/mol. The van der Waals surface area contributed by atoms with Crippen molar-refractivity contribution in [1.29, 1.82) is 0 Å². The van der Waals surface area contributed by atoms with E-state index < -0.39 is 24.1 Å². The van der Waals surface area contributed by atoms with E-state index in [4.69, 9.17) is 14.6 Å². The maximum absolute atomic E-state index is 13.5. The van der Waals surface area contributed by atoms with E-state index in [-0.39, 0.29) is 43.6 Å². The predicted octanol–water partition coefficient (Wildman–Crippen LogP) is 4.60. The van der Waals surface area contributed by atoms with Crippen molar-refractivity contribution in [3.05, 3.63) is 65.7 Å². The van der Waals surface area contributed by atoms with Gasteiger partial charge in [-0.2, -0.15) is 0 Å². The molecule has 3 N–H and O–H groups in total. The van der Waals surface area contributed by atoms with Gasteiger partial charge in [0, 0.05) is 19.4 Å². The highest BCUT2D eigenvalue weighted by Gasteiger charge is 2.35. The number of rotatable bonds is 15. The van der Waals surface area contributed by atoms with Gasteiger partial charge in [0.2, 0.25) is 12.0 Å². The van der Waals surface area contributed by atoms with Crippen LogP contribution in [0.5, 0.6) is 5.75 Å². The van der Waals surface area contributed by atoms with E-state index in [0.29, 0.717) is 18.4 Å². The largest absolute Gasteiger partial charge is 0.508 e. The molecule has 3 rings (SSSR count). The molecule has 2 aromatic rings. The van der Waals surface area contributed by atoms with Crippen LogP contribution in [0, 0.1) is 5.92 Å². The molecule has 1 aliphatic rings. The molecular weight excluding hydrogens is 498 g/mol. The molecule has 2 atom stereocenters. The summed E-state index contributed by atoms with van der Waals surface area (Å²) in [6.45, 7) is 0.173. The summed E-state index contributed by atoms with van der Waals surface area (Å²) < 4.78 is 11.3. The van der Waals surface area contributed by atoms with Crippen LogP contribution >= 0.6 is 0 Å². The summed E-state index contributed by atoms with van der Waals surface area (Å²) in [5, 5.41) is 21.7. The van der Waals surface area contributed by atoms with Gasteiger partial charge in [0.15, 0.2) is 0 Å². The number of phenols is 1. The minimum Gasteiger partial charge on any atom is -0.508 e. The van der Waals surface area contributed by atoms with E-state index in [1.807, 2.05) is 30.3 Å². The van der Waals surface area contributed by atoms with Gasteiger partial charge < -0.3 is 25.0 Å². The summed E-state index contributed by atoms with van der Waals surface area (Å²) in [6, 6.07) is 14.8. The Bertz CT molecular complexity index is 1040. The number of aliphatic hydroxyl groups excluding tert-OH is 1. The Morgan fingerprint density at radius 2 is 1.59 bits per heavy atom. The highest BCUT2D eigenvalue weighted by atomic mass is 16.6. The molecule has 8 heteroatoms. The molecule has 1 saturated carbocycles. The van der Waals surface area contributed by atoms with Crippen LogP contribution in [-0.4, -0.2) is 46.8 Å². The van der Waals surface area contributed by atoms with Gasteiger partial charge in [-0.1, -0.05) is 74.6 Å². The number of carbonyl (C=O) groups is 3. The second-order valence-corrected chi connectivity index (χ2v) is 10.2. The summed E-state index contributed by atoms with van der Waals surface area (Å²) in [7, 11) is 0. The van der Waals surface area contributed by atoms with Gasteiger partial charge >= 0.3 is 11.9 Å². The zero-order valence-electron chi connectivity index (χ0n) is 22.6. The van der Waals surface area contributed by atoms with Gasteiger partial charge in [-0.25, -0.2) is 9.59 Å². The van der Waals surface area contributed by atoms with Gasteiger partial charge in [-0.15, -0.1) is 0 Å². The van der Waals surface area contributed by atoms with Crippen molar-refractivity contribution in [3.63, 3.8) is 0 Å². The third-order valence-corrected chi connectivity index (χ3v) is 7.08. The molecule has 2 unspecified atom stereocenters. The number of aliphatic hydroxyl groups is 1. The Labute approximate surface area is 230 Å². The van der Waals surface area contributed by atoms with Crippen LogP contribution in [0.15, 0.2) is 54.6 Å². The minimum atomic E-state index is -1.23. The predicted molar refractivity (Wildman–Crippen MR) is 147 cm³/mol. The first-order valence-corrected chi connectivity index (χ1v) is 14.1. The molecule has 1 amide bonds. The number of carbonyl (C=O) groups excluding carboxylic acids is 3. The van der Waals surface area contributed by atoms with Gasteiger partial charge in [0.05, 0.1) is 0 Å². The number of phenolic OH excluding ortho intramolecular Hbond substituents is 1. The Kier molecular flexibility index (Phi) is 12.8. The highest BCUT2D eigenvalue weighted by Crippen LogP contribution is 2.28. The average Bonchev–Trinajstić information content (AvgIpc) is 2.95. The molecule has 0 saturated heterocycles. The molecule has 0 aromatic heterocycles. The van der Waals surface area contributed by atoms with E-state index in [1.165, 1.54) is 12.1 Å². The highest BCUT2D eigenvalue weighted by molar-refractivity contribution is 5.86. The average molecular weight is 540 g/mol. The topological polar surface area (TPSA) is 122 Å². The molecule has 2 aromatic carbocycles. The molecule has 0 bridgehead atoms. The number of benzene rings is 2.